The van der Waals surface area contributed by atoms with Crippen LogP contribution in [0.4, 0.5) is 19.0 Å². The Morgan fingerprint density at radius 1 is 1.12 bits per heavy atom. The number of benzene rings is 1. The summed E-state index contributed by atoms with van der Waals surface area (Å²) in [5.74, 6) is -2.20. The van der Waals surface area contributed by atoms with Crippen LogP contribution in [0.5, 0.6) is 5.75 Å². The summed E-state index contributed by atoms with van der Waals surface area (Å²) in [5.41, 5.74) is 1.89. The third-order valence-electron chi connectivity index (χ3n) is 7.79. The number of nitriles is 1. The number of hydrogen-bond donors (Lipinski definition) is 0. The Hall–Kier alpha value is -4.51. The molecule has 1 fully saturated rings. The van der Waals surface area contributed by atoms with Crippen LogP contribution in [0.2, 0.25) is 0 Å². The van der Waals surface area contributed by atoms with E-state index in [-0.39, 0.29) is 24.7 Å². The van der Waals surface area contributed by atoms with Crippen LogP contribution >= 0.6 is 0 Å². The summed E-state index contributed by atoms with van der Waals surface area (Å²) >= 11 is 0. The second kappa shape index (κ2) is 12.8. The summed E-state index contributed by atoms with van der Waals surface area (Å²) in [7, 11) is 1.90. The van der Waals surface area contributed by atoms with E-state index in [4.69, 9.17) is 10.00 Å². The third-order valence-corrected chi connectivity index (χ3v) is 7.79. The van der Waals surface area contributed by atoms with Crippen LogP contribution in [0.25, 0.3) is 0 Å². The Bertz CT molecular complexity index is 1450. The lowest BCUT2D eigenvalue weighted by atomic mass is 10.0. The number of ether oxygens (including phenoxy) is 1. The molecule has 14 heteroatoms. The van der Waals surface area contributed by atoms with E-state index in [1.54, 1.807) is 24.4 Å². The average molecular weight is 597 g/mol. The van der Waals surface area contributed by atoms with Crippen LogP contribution in [0, 0.1) is 17.2 Å². The van der Waals surface area contributed by atoms with Crippen molar-refractivity contribution in [1.82, 2.24) is 19.7 Å². The van der Waals surface area contributed by atoms with Crippen LogP contribution in [0.15, 0.2) is 58.7 Å². The molecule has 5 rings (SSSR count). The molecule has 226 valence electrons. The molecule has 1 aromatic carbocycles. The van der Waals surface area contributed by atoms with Crippen molar-refractivity contribution in [2.45, 2.75) is 25.7 Å². The zero-order chi connectivity index (χ0) is 30.6. The van der Waals surface area contributed by atoms with Gasteiger partial charge in [-0.3, -0.25) is 9.59 Å². The van der Waals surface area contributed by atoms with Gasteiger partial charge in [-0.05, 0) is 30.8 Å². The van der Waals surface area contributed by atoms with Crippen molar-refractivity contribution >= 4 is 17.6 Å². The first-order chi connectivity index (χ1) is 20.6. The first kappa shape index (κ1) is 30.0. The minimum absolute atomic E-state index is 0.0772. The molecule has 1 unspecified atom stereocenters. The standard InChI is InChI=1S/C29H31F3N8O3/c1-37(8-7-26(41)39-11-9-38(10-12-39)25-6-5-20(15-33)16-34-25)13-14-43-24-4-2-3-21-18-40(19-22(21)24)23-17-35-36-28(42)27(23)29(30,31)32/h2-6,16-17,27H,7-14,18-19H2,1H3. The predicted octanol–water partition coefficient (Wildman–Crippen LogP) is 3.33. The number of hydrogen-bond acceptors (Lipinski definition) is 9. The Balaban J connectivity index is 1.06. The largest absolute Gasteiger partial charge is 0.492 e. The number of rotatable bonds is 9. The maximum Gasteiger partial charge on any atom is 0.406 e. The number of fused-ring (bicyclic) bond motifs is 1. The number of pyridine rings is 1. The number of carbonyl (C=O) groups is 2. The zero-order valence-corrected chi connectivity index (χ0v) is 23.6. The summed E-state index contributed by atoms with van der Waals surface area (Å²) in [6.07, 6.45) is -1.84. The van der Waals surface area contributed by atoms with Crippen LogP contribution < -0.4 is 9.64 Å². The molecule has 1 saturated heterocycles. The van der Waals surface area contributed by atoms with Crippen LogP contribution in [0.3, 0.4) is 0 Å². The van der Waals surface area contributed by atoms with E-state index in [0.29, 0.717) is 63.6 Å². The van der Waals surface area contributed by atoms with Crippen molar-refractivity contribution in [3.8, 4) is 11.8 Å². The monoisotopic (exact) mass is 596 g/mol. The second-order valence-corrected chi connectivity index (χ2v) is 10.6. The van der Waals surface area contributed by atoms with Crippen molar-refractivity contribution in [1.29, 1.82) is 5.26 Å². The lowest BCUT2D eigenvalue weighted by Crippen LogP contribution is -2.49. The highest BCUT2D eigenvalue weighted by atomic mass is 19.4. The molecule has 0 saturated carbocycles. The average Bonchev–Trinajstić information content (AvgIpc) is 3.45. The van der Waals surface area contributed by atoms with Gasteiger partial charge in [0.25, 0.3) is 5.91 Å². The van der Waals surface area contributed by atoms with Crippen LogP contribution in [0.1, 0.15) is 23.1 Å². The maximum atomic E-state index is 13.6. The quantitative estimate of drug-likeness (QED) is 0.433. The second-order valence-electron chi connectivity index (χ2n) is 10.6. The topological polar surface area (TPSA) is 118 Å². The van der Waals surface area contributed by atoms with Crippen molar-refractivity contribution in [2.24, 2.45) is 16.1 Å². The van der Waals surface area contributed by atoms with E-state index < -0.39 is 18.0 Å². The molecule has 1 aromatic heterocycles. The molecule has 3 aliphatic rings. The van der Waals surface area contributed by atoms with Gasteiger partial charge in [0.1, 0.15) is 24.2 Å². The van der Waals surface area contributed by atoms with Gasteiger partial charge < -0.3 is 24.3 Å². The van der Waals surface area contributed by atoms with Crippen LogP contribution in [-0.2, 0) is 22.7 Å². The zero-order valence-electron chi connectivity index (χ0n) is 23.6. The molecule has 0 N–H and O–H groups in total. The summed E-state index contributed by atoms with van der Waals surface area (Å²) in [6.45, 7) is 4.33. The van der Waals surface area contributed by atoms with E-state index in [1.165, 1.54) is 4.90 Å². The molecule has 2 aromatic rings. The highest BCUT2D eigenvalue weighted by molar-refractivity contribution is 5.83. The van der Waals surface area contributed by atoms with Gasteiger partial charge in [0.2, 0.25) is 5.91 Å². The summed E-state index contributed by atoms with van der Waals surface area (Å²) in [5, 5.41) is 15.5. The fourth-order valence-corrected chi connectivity index (χ4v) is 5.38. The fraction of sp³-hybridized carbons (Fsp3) is 0.448. The van der Waals surface area contributed by atoms with E-state index >= 15 is 0 Å². The molecular weight excluding hydrogens is 565 g/mol. The molecule has 2 amide bonds. The first-order valence-electron chi connectivity index (χ1n) is 13.9. The van der Waals surface area contributed by atoms with Gasteiger partial charge in [0.05, 0.1) is 17.5 Å². The van der Waals surface area contributed by atoms with Gasteiger partial charge >= 0.3 is 6.18 Å². The van der Waals surface area contributed by atoms with Gasteiger partial charge in [-0.15, -0.1) is 5.11 Å². The molecule has 0 bridgehead atoms. The summed E-state index contributed by atoms with van der Waals surface area (Å²) < 4.78 is 46.8. The van der Waals surface area contributed by atoms with Gasteiger partial charge in [0.15, 0.2) is 5.92 Å². The molecule has 11 nitrogen and oxygen atoms in total. The molecule has 4 heterocycles. The van der Waals surface area contributed by atoms with E-state index in [9.17, 15) is 22.8 Å². The van der Waals surface area contributed by atoms with Gasteiger partial charge in [0, 0.05) is 70.5 Å². The Morgan fingerprint density at radius 3 is 2.60 bits per heavy atom. The molecule has 43 heavy (non-hydrogen) atoms. The van der Waals surface area contributed by atoms with E-state index in [0.717, 1.165) is 23.1 Å². The minimum Gasteiger partial charge on any atom is -0.492 e. The number of likely N-dealkylation sites (N-methyl/N-ethyl adjacent to an activating group) is 1. The number of amides is 2. The lowest BCUT2D eigenvalue weighted by Gasteiger charge is -2.35. The van der Waals surface area contributed by atoms with E-state index in [2.05, 4.69) is 26.2 Å². The van der Waals surface area contributed by atoms with E-state index in [1.807, 2.05) is 29.0 Å². The van der Waals surface area contributed by atoms with Gasteiger partial charge in [-0.1, -0.05) is 12.1 Å². The number of aromatic nitrogens is 1. The minimum atomic E-state index is -4.76. The third kappa shape index (κ3) is 6.94. The highest BCUT2D eigenvalue weighted by Gasteiger charge is 2.50. The molecular formula is C29H31F3N8O3. The number of anilines is 1. The SMILES string of the molecule is CN(CCOc1cccc2c1CN(C1=CN=NC(=O)C1C(F)(F)F)C2)CCC(=O)N1CCN(c2ccc(C#N)cn2)CC1. The van der Waals surface area contributed by atoms with Crippen LogP contribution in [-0.4, -0.2) is 90.6 Å². The summed E-state index contributed by atoms with van der Waals surface area (Å²) in [6, 6.07) is 11.0. The predicted molar refractivity (Wildman–Crippen MR) is 149 cm³/mol. The van der Waals surface area contributed by atoms with Gasteiger partial charge in [-0.2, -0.15) is 23.5 Å². The lowest BCUT2D eigenvalue weighted by molar-refractivity contribution is -0.177. The number of alkyl halides is 3. The number of azo groups is 1. The van der Waals surface area contributed by atoms with Gasteiger partial charge in [-0.25, -0.2) is 4.98 Å². The first-order valence-corrected chi connectivity index (χ1v) is 13.9. The normalized spacial score (nSPS) is 18.5. The van der Waals surface area contributed by atoms with Crippen molar-refractivity contribution < 1.29 is 27.5 Å². The molecule has 0 aliphatic carbocycles. The smallest absolute Gasteiger partial charge is 0.406 e. The summed E-state index contributed by atoms with van der Waals surface area (Å²) in [4.78, 5) is 36.5. The molecule has 0 spiro atoms. The molecule has 3 aliphatic heterocycles. The Kier molecular flexibility index (Phi) is 8.91. The maximum absolute atomic E-state index is 13.6. The number of carbonyl (C=O) groups excluding carboxylic acids is 2. The number of piperazine rings is 1. The molecule has 0 radical (unpaired) electrons. The highest BCUT2D eigenvalue weighted by Crippen LogP contribution is 2.41. The van der Waals surface area contributed by atoms with Crippen molar-refractivity contribution in [2.75, 3.05) is 57.8 Å². The number of nitrogens with zero attached hydrogens (tertiary/aromatic N) is 8. The Labute approximate surface area is 246 Å². The fourth-order valence-electron chi connectivity index (χ4n) is 5.38. The molecule has 1 atom stereocenters. The Morgan fingerprint density at radius 2 is 1.91 bits per heavy atom. The number of halogens is 3. The van der Waals surface area contributed by atoms with Crippen molar-refractivity contribution in [3.63, 3.8) is 0 Å². The van der Waals surface area contributed by atoms with Crippen molar-refractivity contribution in [3.05, 3.63) is 65.1 Å².